The van der Waals surface area contributed by atoms with Crippen molar-refractivity contribution in [1.29, 1.82) is 0 Å². The van der Waals surface area contributed by atoms with Gasteiger partial charge in [0, 0.05) is 49.6 Å². The first-order chi connectivity index (χ1) is 20.5. The number of rotatable bonds is 15. The molecule has 9 heteroatoms. The Bertz CT molecular complexity index is 1150. The predicted octanol–water partition coefficient (Wildman–Crippen LogP) is 5.55. The number of ether oxygens (including phenoxy) is 2. The summed E-state index contributed by atoms with van der Waals surface area (Å²) in [4.78, 5) is 26.2. The highest BCUT2D eigenvalue weighted by Gasteiger charge is 2.34. The SMILES string of the molecule is C=CCN(C[C@H]1C[C@@H](c2ccc(CO)cc2)O[C@@H](c2cccc(NC(=O)CCCCCC(=O)NO)c2)O1)C1CCCC1. The first-order valence-corrected chi connectivity index (χ1v) is 15.2. The molecule has 2 aromatic rings. The summed E-state index contributed by atoms with van der Waals surface area (Å²) in [6.07, 6.45) is 9.33. The number of unbranched alkanes of at least 4 members (excludes halogenated alkanes) is 2. The minimum atomic E-state index is -0.602. The van der Waals surface area contributed by atoms with E-state index in [-0.39, 0.29) is 31.1 Å². The number of hydrogen-bond acceptors (Lipinski definition) is 7. The van der Waals surface area contributed by atoms with Crippen LogP contribution in [0.3, 0.4) is 0 Å². The van der Waals surface area contributed by atoms with Gasteiger partial charge in [-0.1, -0.05) is 61.7 Å². The molecule has 0 spiro atoms. The summed E-state index contributed by atoms with van der Waals surface area (Å²) in [6.45, 7) is 5.60. The fourth-order valence-corrected chi connectivity index (χ4v) is 5.89. The van der Waals surface area contributed by atoms with Crippen LogP contribution in [0.4, 0.5) is 5.69 Å². The van der Waals surface area contributed by atoms with Crippen LogP contribution in [0.15, 0.2) is 61.2 Å². The smallest absolute Gasteiger partial charge is 0.243 e. The van der Waals surface area contributed by atoms with Gasteiger partial charge in [0.25, 0.3) is 0 Å². The van der Waals surface area contributed by atoms with E-state index in [1.807, 2.05) is 54.6 Å². The highest BCUT2D eigenvalue weighted by Crippen LogP contribution is 2.39. The van der Waals surface area contributed by atoms with Crippen LogP contribution < -0.4 is 10.8 Å². The van der Waals surface area contributed by atoms with Crippen LogP contribution in [0, 0.1) is 0 Å². The number of anilines is 1. The van der Waals surface area contributed by atoms with Crippen LogP contribution in [0.5, 0.6) is 0 Å². The third-order valence-electron chi connectivity index (χ3n) is 8.13. The second-order valence-electron chi connectivity index (χ2n) is 11.3. The molecular weight excluding hydrogens is 534 g/mol. The van der Waals surface area contributed by atoms with Gasteiger partial charge < -0.3 is 19.9 Å². The fraction of sp³-hybridized carbons (Fsp3) is 0.515. The van der Waals surface area contributed by atoms with Gasteiger partial charge in [-0.25, -0.2) is 5.48 Å². The fourth-order valence-electron chi connectivity index (χ4n) is 5.89. The van der Waals surface area contributed by atoms with Crippen LogP contribution in [0.2, 0.25) is 0 Å². The summed E-state index contributed by atoms with van der Waals surface area (Å²) in [5.41, 5.74) is 5.03. The molecule has 3 atom stereocenters. The van der Waals surface area contributed by atoms with E-state index in [1.54, 1.807) is 5.48 Å². The maximum atomic E-state index is 12.6. The molecule has 0 aromatic heterocycles. The Hall–Kier alpha value is -3.08. The van der Waals surface area contributed by atoms with Crippen LogP contribution in [0.25, 0.3) is 0 Å². The zero-order valence-electron chi connectivity index (χ0n) is 24.4. The van der Waals surface area contributed by atoms with Crippen molar-refractivity contribution in [2.75, 3.05) is 18.4 Å². The monoisotopic (exact) mass is 579 g/mol. The average Bonchev–Trinajstić information content (AvgIpc) is 3.56. The van der Waals surface area contributed by atoms with Crippen molar-refractivity contribution >= 4 is 17.5 Å². The number of hydrogen-bond donors (Lipinski definition) is 4. The third kappa shape index (κ3) is 9.47. The Labute approximate surface area is 248 Å². The van der Waals surface area contributed by atoms with Crippen molar-refractivity contribution in [3.63, 3.8) is 0 Å². The van der Waals surface area contributed by atoms with Gasteiger partial charge in [0.15, 0.2) is 6.29 Å². The lowest BCUT2D eigenvalue weighted by Gasteiger charge is -2.39. The number of benzene rings is 2. The van der Waals surface area contributed by atoms with Crippen molar-refractivity contribution in [2.24, 2.45) is 0 Å². The molecule has 2 aliphatic rings. The molecule has 0 bridgehead atoms. The molecule has 1 saturated carbocycles. The minimum absolute atomic E-state index is 0.00253. The van der Waals surface area contributed by atoms with E-state index in [0.29, 0.717) is 37.4 Å². The molecule has 1 aliphatic heterocycles. The first kappa shape index (κ1) is 31.8. The largest absolute Gasteiger partial charge is 0.392 e. The summed E-state index contributed by atoms with van der Waals surface area (Å²) in [5.74, 6) is -0.511. The van der Waals surface area contributed by atoms with Crippen molar-refractivity contribution in [3.8, 4) is 0 Å². The van der Waals surface area contributed by atoms with E-state index in [4.69, 9.17) is 14.7 Å². The summed E-state index contributed by atoms with van der Waals surface area (Å²) >= 11 is 0. The van der Waals surface area contributed by atoms with Gasteiger partial charge in [0.1, 0.15) is 0 Å². The van der Waals surface area contributed by atoms with Crippen molar-refractivity contribution < 1.29 is 29.4 Å². The Kier molecular flexibility index (Phi) is 12.5. The highest BCUT2D eigenvalue weighted by molar-refractivity contribution is 5.90. The topological polar surface area (TPSA) is 120 Å². The molecule has 0 radical (unpaired) electrons. The standard InChI is InChI=1S/C33H45N3O6/c1-2-19-36(28-11-6-7-12-28)22-29-21-30(25-17-15-24(23-37)16-18-25)42-33(41-29)26-9-8-10-27(20-26)34-31(38)13-4-3-5-14-32(39)35-40/h2,8-10,15-18,20,28-30,33,37,40H,1,3-7,11-14,19,21-23H2,(H,34,38)(H,35,39)/t29-,30+,33+/m1/s1. The molecule has 1 aliphatic carbocycles. The summed E-state index contributed by atoms with van der Waals surface area (Å²) < 4.78 is 13.1. The van der Waals surface area contributed by atoms with Crippen LogP contribution in [-0.4, -0.2) is 52.3 Å². The third-order valence-corrected chi connectivity index (χ3v) is 8.13. The van der Waals surface area contributed by atoms with Gasteiger partial charge in [0.2, 0.25) is 11.8 Å². The minimum Gasteiger partial charge on any atom is -0.392 e. The van der Waals surface area contributed by atoms with E-state index in [0.717, 1.165) is 36.2 Å². The van der Waals surface area contributed by atoms with Gasteiger partial charge >= 0.3 is 0 Å². The Balaban J connectivity index is 1.43. The normalized spacial score (nSPS) is 20.9. The molecule has 2 aromatic carbocycles. The molecular formula is C33H45N3O6. The van der Waals surface area contributed by atoms with E-state index in [1.165, 1.54) is 25.7 Å². The molecule has 1 saturated heterocycles. The number of amides is 2. The van der Waals surface area contributed by atoms with E-state index in [9.17, 15) is 14.7 Å². The quantitative estimate of drug-likeness (QED) is 0.0945. The second kappa shape index (κ2) is 16.5. The molecule has 1 heterocycles. The van der Waals surface area contributed by atoms with Crippen LogP contribution in [0.1, 0.15) is 93.3 Å². The summed E-state index contributed by atoms with van der Waals surface area (Å²) in [6, 6.07) is 16.0. The molecule has 9 nitrogen and oxygen atoms in total. The molecule has 4 N–H and O–H groups in total. The molecule has 228 valence electrons. The molecule has 42 heavy (non-hydrogen) atoms. The van der Waals surface area contributed by atoms with E-state index < -0.39 is 12.2 Å². The first-order valence-electron chi connectivity index (χ1n) is 15.2. The number of nitrogens with zero attached hydrogens (tertiary/aromatic N) is 1. The van der Waals surface area contributed by atoms with Crippen molar-refractivity contribution in [2.45, 2.75) is 95.4 Å². The van der Waals surface area contributed by atoms with Gasteiger partial charge in [-0.3, -0.25) is 19.7 Å². The maximum Gasteiger partial charge on any atom is 0.243 e. The van der Waals surface area contributed by atoms with E-state index in [2.05, 4.69) is 16.8 Å². The number of aliphatic hydroxyl groups excluding tert-OH is 1. The Morgan fingerprint density at radius 2 is 1.71 bits per heavy atom. The van der Waals surface area contributed by atoms with E-state index >= 15 is 0 Å². The van der Waals surface area contributed by atoms with Gasteiger partial charge in [-0.15, -0.1) is 6.58 Å². The molecule has 2 fully saturated rings. The van der Waals surface area contributed by atoms with Crippen molar-refractivity contribution in [3.05, 3.63) is 77.9 Å². The van der Waals surface area contributed by atoms with Crippen LogP contribution in [-0.2, 0) is 25.7 Å². The summed E-state index contributed by atoms with van der Waals surface area (Å²) in [5, 5.41) is 21.0. The maximum absolute atomic E-state index is 12.6. The van der Waals surface area contributed by atoms with Gasteiger partial charge in [-0.05, 0) is 48.9 Å². The van der Waals surface area contributed by atoms with Gasteiger partial charge in [-0.2, -0.15) is 0 Å². The van der Waals surface area contributed by atoms with Crippen LogP contribution >= 0.6 is 0 Å². The number of aliphatic hydroxyl groups is 1. The lowest BCUT2D eigenvalue weighted by Crippen LogP contribution is -2.43. The highest BCUT2D eigenvalue weighted by atomic mass is 16.7. The lowest BCUT2D eigenvalue weighted by atomic mass is 9.99. The van der Waals surface area contributed by atoms with Crippen molar-refractivity contribution in [1.82, 2.24) is 10.4 Å². The number of carbonyl (C=O) groups is 2. The average molecular weight is 580 g/mol. The number of hydroxylamine groups is 1. The predicted molar refractivity (Wildman–Crippen MR) is 161 cm³/mol. The number of carbonyl (C=O) groups excluding carboxylic acids is 2. The van der Waals surface area contributed by atoms with Gasteiger partial charge in [0.05, 0.1) is 18.8 Å². The Morgan fingerprint density at radius 3 is 2.40 bits per heavy atom. The number of nitrogens with one attached hydrogen (secondary N) is 2. The zero-order chi connectivity index (χ0) is 29.7. The summed E-state index contributed by atoms with van der Waals surface area (Å²) in [7, 11) is 0. The zero-order valence-corrected chi connectivity index (χ0v) is 24.4. The molecule has 0 unspecified atom stereocenters. The molecule has 4 rings (SSSR count). The Morgan fingerprint density at radius 1 is 0.976 bits per heavy atom. The lowest BCUT2D eigenvalue weighted by molar-refractivity contribution is -0.253. The second-order valence-corrected chi connectivity index (χ2v) is 11.3. The molecule has 2 amide bonds.